The number of hydrogen-bond donors (Lipinski definition) is 5. The van der Waals surface area contributed by atoms with Gasteiger partial charge in [-0.1, -0.05) is 55.6 Å². The van der Waals surface area contributed by atoms with Crippen molar-refractivity contribution in [3.05, 3.63) is 69.8 Å². The largest absolute Gasteiger partial charge is 0.481 e. The molecule has 1 aliphatic heterocycles. The molecular weight excluding hydrogens is 625 g/mol. The minimum atomic E-state index is -4.40. The molecule has 11 nitrogen and oxygen atoms in total. The van der Waals surface area contributed by atoms with Crippen LogP contribution in [0.5, 0.6) is 0 Å². The van der Waals surface area contributed by atoms with Crippen LogP contribution in [-0.2, 0) is 45.0 Å². The van der Waals surface area contributed by atoms with Gasteiger partial charge in [-0.05, 0) is 72.1 Å². The maximum absolute atomic E-state index is 13.8. The summed E-state index contributed by atoms with van der Waals surface area (Å²) in [6.07, 6.45) is -3.45. The van der Waals surface area contributed by atoms with Crippen molar-refractivity contribution in [2.75, 3.05) is 13.1 Å². The Labute approximate surface area is 270 Å². The lowest BCUT2D eigenvalue weighted by atomic mass is 9.81. The van der Waals surface area contributed by atoms with E-state index in [-0.39, 0.29) is 18.4 Å². The van der Waals surface area contributed by atoms with Gasteiger partial charge in [0.15, 0.2) is 12.2 Å². The van der Waals surface area contributed by atoms with Crippen LogP contribution >= 0.6 is 0 Å². The number of oxime groups is 1. The second kappa shape index (κ2) is 16.7. The molecule has 1 aliphatic carbocycles. The first kappa shape index (κ1) is 37.4. The molecule has 0 amide bonds. The Morgan fingerprint density at radius 1 is 0.936 bits per heavy atom. The van der Waals surface area contributed by atoms with E-state index >= 15 is 0 Å². The monoisotopic (exact) mass is 666 g/mol. The summed E-state index contributed by atoms with van der Waals surface area (Å²) >= 11 is 0. The van der Waals surface area contributed by atoms with Crippen LogP contribution < -0.4 is 0 Å². The highest BCUT2D eigenvalue weighted by atomic mass is 19.4. The number of aliphatic carboxylic acids is 3. The molecule has 1 saturated carbocycles. The maximum atomic E-state index is 13.8. The van der Waals surface area contributed by atoms with Crippen molar-refractivity contribution >= 4 is 23.6 Å². The number of rotatable bonds is 12. The Bertz CT molecular complexity index is 1420. The number of nitrogens with zero attached hydrogens (tertiary/aromatic N) is 2. The van der Waals surface area contributed by atoms with Crippen LogP contribution in [0.3, 0.4) is 0 Å². The fourth-order valence-electron chi connectivity index (χ4n) is 5.67. The molecule has 2 aromatic rings. The van der Waals surface area contributed by atoms with E-state index in [1.54, 1.807) is 12.1 Å². The summed E-state index contributed by atoms with van der Waals surface area (Å²) in [7, 11) is 0. The summed E-state index contributed by atoms with van der Waals surface area (Å²) in [6, 6.07) is 10.6. The third kappa shape index (κ3) is 10.5. The van der Waals surface area contributed by atoms with E-state index in [1.807, 2.05) is 25.1 Å². The van der Waals surface area contributed by atoms with Crippen LogP contribution in [0.4, 0.5) is 13.2 Å². The lowest BCUT2D eigenvalue weighted by molar-refractivity contribution is -0.165. The van der Waals surface area contributed by atoms with E-state index in [9.17, 15) is 27.6 Å². The normalized spacial score (nSPS) is 17.6. The van der Waals surface area contributed by atoms with Gasteiger partial charge in [-0.3, -0.25) is 9.69 Å². The molecule has 2 fully saturated rings. The zero-order valence-electron chi connectivity index (χ0n) is 26.2. The third-order valence-corrected chi connectivity index (χ3v) is 8.41. The molecule has 2 atom stereocenters. The lowest BCUT2D eigenvalue weighted by Crippen LogP contribution is -2.49. The number of benzene rings is 2. The van der Waals surface area contributed by atoms with E-state index in [0.29, 0.717) is 36.5 Å². The summed E-state index contributed by atoms with van der Waals surface area (Å²) in [5.41, 5.74) is 4.13. The predicted octanol–water partition coefficient (Wildman–Crippen LogP) is 4.65. The van der Waals surface area contributed by atoms with E-state index in [4.69, 9.17) is 30.4 Å². The van der Waals surface area contributed by atoms with Gasteiger partial charge < -0.3 is 30.4 Å². The van der Waals surface area contributed by atoms with Crippen molar-refractivity contribution in [1.29, 1.82) is 0 Å². The predicted molar refractivity (Wildman–Crippen MR) is 164 cm³/mol. The van der Waals surface area contributed by atoms with Crippen molar-refractivity contribution in [2.24, 2.45) is 11.1 Å². The van der Waals surface area contributed by atoms with Crippen molar-refractivity contribution < 1.29 is 57.9 Å². The van der Waals surface area contributed by atoms with Crippen LogP contribution in [0.25, 0.3) is 0 Å². The molecule has 14 heteroatoms. The molecule has 0 spiro atoms. The number of alkyl halides is 3. The second-order valence-electron chi connectivity index (χ2n) is 11.8. The summed E-state index contributed by atoms with van der Waals surface area (Å²) < 4.78 is 41.5. The quantitative estimate of drug-likeness (QED) is 0.158. The first-order valence-corrected chi connectivity index (χ1v) is 15.4. The minimum Gasteiger partial charge on any atom is -0.481 e. The Kier molecular flexibility index (Phi) is 13.3. The molecule has 5 N–H and O–H groups in total. The SMILES string of the molecule is CCc1cc(/C(C)=N/OCc2ccc(C3CCCCC3)c(C(F)(F)F)c2)ccc1CN1CC(C(=O)O)C1.O=C(O)C(O)C(O)C(=O)O. The fraction of sp³-hybridized carbons (Fsp3) is 0.515. The van der Waals surface area contributed by atoms with Crippen molar-refractivity contribution in [2.45, 2.75) is 89.8 Å². The Balaban J connectivity index is 0.000000520. The zero-order valence-corrected chi connectivity index (χ0v) is 26.2. The molecule has 0 radical (unpaired) electrons. The number of hydrogen-bond acceptors (Lipinski definition) is 8. The third-order valence-electron chi connectivity index (χ3n) is 8.41. The number of carboxylic acids is 3. The highest BCUT2D eigenvalue weighted by molar-refractivity contribution is 5.98. The number of aliphatic hydroxyl groups excluding tert-OH is 2. The van der Waals surface area contributed by atoms with Crippen molar-refractivity contribution in [3.8, 4) is 0 Å². The van der Waals surface area contributed by atoms with Gasteiger partial charge in [0.1, 0.15) is 6.61 Å². The highest BCUT2D eigenvalue weighted by Crippen LogP contribution is 2.41. The van der Waals surface area contributed by atoms with Gasteiger partial charge in [-0.25, -0.2) is 9.59 Å². The smallest absolute Gasteiger partial charge is 0.416 e. The molecule has 0 aromatic heterocycles. The van der Waals surface area contributed by atoms with Gasteiger partial charge in [0.25, 0.3) is 0 Å². The molecule has 1 saturated heterocycles. The van der Waals surface area contributed by atoms with Gasteiger partial charge >= 0.3 is 24.1 Å². The molecule has 4 rings (SSSR count). The number of carboxylic acid groups (broad SMARTS) is 3. The topological polar surface area (TPSA) is 177 Å². The molecule has 2 aliphatic rings. The van der Waals surface area contributed by atoms with E-state index < -0.39 is 41.9 Å². The fourth-order valence-corrected chi connectivity index (χ4v) is 5.67. The Hall–Kier alpha value is -4.01. The van der Waals surface area contributed by atoms with Crippen LogP contribution in [0.15, 0.2) is 41.6 Å². The van der Waals surface area contributed by atoms with E-state index in [2.05, 4.69) is 17.0 Å². The van der Waals surface area contributed by atoms with Crippen molar-refractivity contribution in [1.82, 2.24) is 4.90 Å². The van der Waals surface area contributed by atoms with Crippen LogP contribution in [0.1, 0.15) is 85.3 Å². The summed E-state index contributed by atoms with van der Waals surface area (Å²) in [5, 5.41) is 45.8. The Morgan fingerprint density at radius 2 is 1.55 bits per heavy atom. The summed E-state index contributed by atoms with van der Waals surface area (Å²) in [6.45, 7) is 5.67. The van der Waals surface area contributed by atoms with Gasteiger partial charge in [0.05, 0.1) is 17.2 Å². The summed E-state index contributed by atoms with van der Waals surface area (Å²) in [5.74, 6) is -4.60. The number of likely N-dealkylation sites (tertiary alicyclic amines) is 1. The van der Waals surface area contributed by atoms with E-state index in [1.165, 1.54) is 6.07 Å². The molecule has 0 bridgehead atoms. The molecule has 1 heterocycles. The highest BCUT2D eigenvalue weighted by Gasteiger charge is 2.36. The van der Waals surface area contributed by atoms with Gasteiger partial charge in [-0.15, -0.1) is 0 Å². The zero-order chi connectivity index (χ0) is 34.9. The van der Waals surface area contributed by atoms with Crippen LogP contribution in [0, 0.1) is 5.92 Å². The standard InChI is InChI=1S/C29H35F3N2O3.C4H6O6/c1-3-21-14-23(10-11-24(21)15-34-16-25(17-34)28(35)36)19(2)33-37-18-20-9-12-26(22-7-5-4-6-8-22)27(13-20)29(30,31)32;5-1(3(7)8)2(6)4(9)10/h9-14,22,25H,3-8,15-18H2,1-2H3,(H,35,36);1-2,5-6H,(H,7,8)(H,9,10)/b33-19+;. The molecule has 47 heavy (non-hydrogen) atoms. The van der Waals surface area contributed by atoms with Gasteiger partial charge in [-0.2, -0.15) is 13.2 Å². The molecule has 258 valence electrons. The number of aliphatic hydroxyl groups is 2. The molecule has 2 unspecified atom stereocenters. The Morgan fingerprint density at radius 3 is 2.09 bits per heavy atom. The van der Waals surface area contributed by atoms with Crippen LogP contribution in [0.2, 0.25) is 0 Å². The minimum absolute atomic E-state index is 0.0315. The second-order valence-corrected chi connectivity index (χ2v) is 11.8. The lowest BCUT2D eigenvalue weighted by Gasteiger charge is -2.37. The summed E-state index contributed by atoms with van der Waals surface area (Å²) in [4.78, 5) is 38.2. The van der Waals surface area contributed by atoms with Crippen LogP contribution in [-0.4, -0.2) is 79.3 Å². The number of carbonyl (C=O) groups is 3. The van der Waals surface area contributed by atoms with Gasteiger partial charge in [0.2, 0.25) is 0 Å². The molecular formula is C33H41F3N2O9. The molecule has 2 aromatic carbocycles. The van der Waals surface area contributed by atoms with E-state index in [0.717, 1.165) is 55.2 Å². The van der Waals surface area contributed by atoms with Crippen molar-refractivity contribution in [3.63, 3.8) is 0 Å². The first-order valence-electron chi connectivity index (χ1n) is 15.4. The number of aryl methyl sites for hydroxylation is 1. The maximum Gasteiger partial charge on any atom is 0.416 e. The average Bonchev–Trinajstić information content (AvgIpc) is 3.01. The average molecular weight is 667 g/mol. The van der Waals surface area contributed by atoms with Gasteiger partial charge in [0, 0.05) is 19.6 Å². The number of halogens is 3. The first-order chi connectivity index (χ1) is 22.1.